The van der Waals surface area contributed by atoms with Crippen LogP contribution in [0.4, 0.5) is 0 Å². The van der Waals surface area contributed by atoms with E-state index in [0.717, 1.165) is 18.2 Å². The number of carbonyl (C=O) groups excluding carboxylic acids is 3. The van der Waals surface area contributed by atoms with Crippen LogP contribution < -0.4 is 0 Å². The smallest absolute Gasteiger partial charge is 0.330 e. The molecule has 0 radical (unpaired) electrons. The minimum atomic E-state index is -0.523. The van der Waals surface area contributed by atoms with Gasteiger partial charge in [-0.2, -0.15) is 0 Å². The zero-order chi connectivity index (χ0) is 23.6. The number of ether oxygens (including phenoxy) is 6. The van der Waals surface area contributed by atoms with Gasteiger partial charge in [0.1, 0.15) is 19.3 Å². The summed E-state index contributed by atoms with van der Waals surface area (Å²) in [5.74, 6) is -1.74. The van der Waals surface area contributed by atoms with Crippen LogP contribution in [0.1, 0.15) is 20.8 Å². The van der Waals surface area contributed by atoms with Crippen molar-refractivity contribution in [1.29, 1.82) is 0 Å². The van der Waals surface area contributed by atoms with Crippen LogP contribution in [0.25, 0.3) is 0 Å². The summed E-state index contributed by atoms with van der Waals surface area (Å²) in [5.41, 5.74) is 0. The normalized spacial score (nSPS) is 14.4. The molecule has 3 atom stereocenters. The Balaban J connectivity index is 4.54. The minimum Gasteiger partial charge on any atom is -0.460 e. The first-order valence-electron chi connectivity index (χ1n) is 9.94. The highest BCUT2D eigenvalue weighted by molar-refractivity contribution is 5.81. The molecule has 0 rings (SSSR count). The Labute approximate surface area is 184 Å². The molecule has 31 heavy (non-hydrogen) atoms. The largest absolute Gasteiger partial charge is 0.460 e. The van der Waals surface area contributed by atoms with Crippen LogP contribution in [0.2, 0.25) is 0 Å². The first kappa shape index (κ1) is 28.5. The highest BCUT2D eigenvalue weighted by atomic mass is 16.6. The maximum absolute atomic E-state index is 11.2. The van der Waals surface area contributed by atoms with Crippen molar-refractivity contribution in [2.75, 3.05) is 39.6 Å². The Morgan fingerprint density at radius 3 is 1.52 bits per heavy atom. The molecule has 9 nitrogen and oxygen atoms in total. The second-order valence-corrected chi connectivity index (χ2v) is 6.81. The molecule has 0 aromatic heterocycles. The first-order chi connectivity index (χ1) is 14.7. The van der Waals surface area contributed by atoms with E-state index in [0.29, 0.717) is 0 Å². The van der Waals surface area contributed by atoms with E-state index in [-0.39, 0.29) is 57.8 Å². The van der Waals surface area contributed by atoms with Gasteiger partial charge in [-0.3, -0.25) is 0 Å². The van der Waals surface area contributed by atoms with E-state index in [1.807, 2.05) is 0 Å². The van der Waals surface area contributed by atoms with Gasteiger partial charge in [0.05, 0.1) is 38.6 Å². The third-order valence-corrected chi connectivity index (χ3v) is 3.68. The molecule has 0 aliphatic carbocycles. The average Bonchev–Trinajstić information content (AvgIpc) is 2.76. The van der Waals surface area contributed by atoms with Crippen LogP contribution >= 0.6 is 0 Å². The fourth-order valence-electron chi connectivity index (χ4n) is 2.04. The van der Waals surface area contributed by atoms with Gasteiger partial charge in [0.25, 0.3) is 0 Å². The third kappa shape index (κ3) is 15.9. The van der Waals surface area contributed by atoms with Gasteiger partial charge >= 0.3 is 17.9 Å². The van der Waals surface area contributed by atoms with Gasteiger partial charge in [0.15, 0.2) is 0 Å². The molecule has 0 aromatic carbocycles. The van der Waals surface area contributed by atoms with Gasteiger partial charge in [-0.05, 0) is 20.8 Å². The second-order valence-electron chi connectivity index (χ2n) is 6.81. The molecule has 176 valence electrons. The Hall–Kier alpha value is -2.49. The zero-order valence-corrected chi connectivity index (χ0v) is 18.6. The number of hydrogen-bond donors (Lipinski definition) is 0. The third-order valence-electron chi connectivity index (χ3n) is 3.68. The van der Waals surface area contributed by atoms with Gasteiger partial charge in [0.2, 0.25) is 0 Å². The second kappa shape index (κ2) is 17.2. The number of rotatable bonds is 18. The zero-order valence-electron chi connectivity index (χ0n) is 18.6. The van der Waals surface area contributed by atoms with E-state index >= 15 is 0 Å². The number of hydrogen-bond acceptors (Lipinski definition) is 9. The Kier molecular flexibility index (Phi) is 15.8. The molecule has 0 saturated heterocycles. The van der Waals surface area contributed by atoms with Gasteiger partial charge < -0.3 is 28.4 Å². The summed E-state index contributed by atoms with van der Waals surface area (Å²) in [4.78, 5) is 33.5. The van der Waals surface area contributed by atoms with Crippen LogP contribution in [-0.2, 0) is 42.8 Å². The fourth-order valence-corrected chi connectivity index (χ4v) is 2.04. The Morgan fingerprint density at radius 1 is 0.645 bits per heavy atom. The molecule has 0 saturated carbocycles. The molecule has 0 spiro atoms. The van der Waals surface area contributed by atoms with Crippen molar-refractivity contribution in [1.82, 2.24) is 0 Å². The summed E-state index contributed by atoms with van der Waals surface area (Å²) in [5, 5.41) is 0. The average molecular weight is 443 g/mol. The van der Waals surface area contributed by atoms with Crippen LogP contribution in [0.15, 0.2) is 38.0 Å². The van der Waals surface area contributed by atoms with Crippen molar-refractivity contribution in [3.63, 3.8) is 0 Å². The van der Waals surface area contributed by atoms with Crippen LogP contribution in [0.5, 0.6) is 0 Å². The van der Waals surface area contributed by atoms with E-state index < -0.39 is 24.0 Å². The molecule has 0 bridgehead atoms. The molecule has 0 amide bonds. The van der Waals surface area contributed by atoms with Crippen molar-refractivity contribution < 1.29 is 42.8 Å². The first-order valence-corrected chi connectivity index (χ1v) is 9.94. The lowest BCUT2D eigenvalue weighted by atomic mass is 10.2. The molecular weight excluding hydrogens is 408 g/mol. The van der Waals surface area contributed by atoms with Gasteiger partial charge in [0, 0.05) is 24.1 Å². The summed E-state index contributed by atoms with van der Waals surface area (Å²) < 4.78 is 32.0. The predicted octanol–water partition coefficient (Wildman–Crippen LogP) is 2.01. The highest BCUT2D eigenvalue weighted by Gasteiger charge is 2.17. The Bertz CT molecular complexity index is 554. The van der Waals surface area contributed by atoms with Crippen LogP contribution in [-0.4, -0.2) is 75.9 Å². The molecule has 0 aliphatic rings. The van der Waals surface area contributed by atoms with Gasteiger partial charge in [-0.15, -0.1) is 0 Å². The minimum absolute atomic E-state index is 0.0851. The van der Waals surface area contributed by atoms with Crippen molar-refractivity contribution >= 4 is 17.9 Å². The fraction of sp³-hybridized carbons (Fsp3) is 0.591. The van der Waals surface area contributed by atoms with Crippen molar-refractivity contribution in [3.8, 4) is 0 Å². The van der Waals surface area contributed by atoms with Gasteiger partial charge in [-0.25, -0.2) is 14.4 Å². The lowest BCUT2D eigenvalue weighted by Gasteiger charge is -2.23. The lowest BCUT2D eigenvalue weighted by molar-refractivity contribution is -0.146. The quantitative estimate of drug-likeness (QED) is 0.179. The van der Waals surface area contributed by atoms with Crippen LogP contribution in [0, 0.1) is 5.92 Å². The maximum Gasteiger partial charge on any atom is 0.330 e. The van der Waals surface area contributed by atoms with E-state index in [9.17, 15) is 14.4 Å². The monoisotopic (exact) mass is 442 g/mol. The lowest BCUT2D eigenvalue weighted by Crippen LogP contribution is -2.30. The molecule has 0 aromatic rings. The topological polar surface area (TPSA) is 107 Å². The summed E-state index contributed by atoms with van der Waals surface area (Å²) >= 11 is 0. The van der Waals surface area contributed by atoms with Crippen molar-refractivity contribution in [2.24, 2.45) is 5.92 Å². The van der Waals surface area contributed by atoms with E-state index in [4.69, 9.17) is 28.4 Å². The van der Waals surface area contributed by atoms with Gasteiger partial charge in [-0.1, -0.05) is 19.7 Å². The van der Waals surface area contributed by atoms with Crippen molar-refractivity contribution in [2.45, 2.75) is 39.1 Å². The predicted molar refractivity (Wildman–Crippen MR) is 113 cm³/mol. The van der Waals surface area contributed by atoms with E-state index in [1.165, 1.54) is 0 Å². The standard InChI is InChI=1S/C22H34O9/c1-7-20(23)29-11-16(4)27-14-19(13-26-10-18(6)31-22(25)9-3)15-28-17(5)12-30-21(24)8-2/h7-9,16-19H,1-3,10-15H2,4-6H3. The van der Waals surface area contributed by atoms with E-state index in [1.54, 1.807) is 20.8 Å². The summed E-state index contributed by atoms with van der Waals surface area (Å²) in [6, 6.07) is 0. The highest BCUT2D eigenvalue weighted by Crippen LogP contribution is 2.07. The summed E-state index contributed by atoms with van der Waals surface area (Å²) in [6.45, 7) is 16.4. The summed E-state index contributed by atoms with van der Waals surface area (Å²) in [6.07, 6.45) is 2.12. The Morgan fingerprint density at radius 2 is 1.10 bits per heavy atom. The molecule has 0 fully saturated rings. The molecule has 0 heterocycles. The van der Waals surface area contributed by atoms with Crippen LogP contribution in [0.3, 0.4) is 0 Å². The SMILES string of the molecule is C=CC(=O)OCC(C)OCC(COCC(C)OC(=O)C=C)COC(C)COC(=O)C=C. The number of carbonyl (C=O) groups is 3. The van der Waals surface area contributed by atoms with E-state index in [2.05, 4.69) is 19.7 Å². The molecule has 3 unspecified atom stereocenters. The maximum atomic E-state index is 11.2. The molecular formula is C22H34O9. The molecule has 0 N–H and O–H groups in total. The molecule has 9 heteroatoms. The summed E-state index contributed by atoms with van der Waals surface area (Å²) in [7, 11) is 0. The van der Waals surface area contributed by atoms with Crippen molar-refractivity contribution in [3.05, 3.63) is 38.0 Å². The number of esters is 3. The molecule has 0 aliphatic heterocycles.